The molecule has 3 heterocycles. The first-order valence-electron chi connectivity index (χ1n) is 8.55. The number of benzene rings is 1. The molecule has 3 N–H and O–H groups in total. The maximum Gasteiger partial charge on any atom is 0.166 e. The van der Waals surface area contributed by atoms with Crippen LogP contribution in [0, 0.1) is 18.3 Å². The predicted octanol–water partition coefficient (Wildman–Crippen LogP) is 3.28. The highest BCUT2D eigenvalue weighted by molar-refractivity contribution is 5.81. The fourth-order valence-corrected chi connectivity index (χ4v) is 3.34. The van der Waals surface area contributed by atoms with E-state index in [0.717, 1.165) is 42.7 Å². The fraction of sp³-hybridized carbons (Fsp3) is 0.263. The number of imidazole rings is 1. The third-order valence-electron chi connectivity index (χ3n) is 4.57. The van der Waals surface area contributed by atoms with E-state index in [0.29, 0.717) is 17.2 Å². The number of rotatable bonds is 3. The van der Waals surface area contributed by atoms with Crippen molar-refractivity contribution in [3.63, 3.8) is 0 Å². The van der Waals surface area contributed by atoms with Gasteiger partial charge in [-0.25, -0.2) is 9.67 Å². The summed E-state index contributed by atoms with van der Waals surface area (Å²) in [5.41, 5.74) is 10.3. The maximum absolute atomic E-state index is 9.24. The largest absolute Gasteiger partial charge is 0.398 e. The van der Waals surface area contributed by atoms with Crippen LogP contribution < -0.4 is 5.73 Å². The summed E-state index contributed by atoms with van der Waals surface area (Å²) in [5.74, 6) is 0.438. The Balaban J connectivity index is 1.71. The van der Waals surface area contributed by atoms with Crippen LogP contribution >= 0.6 is 0 Å². The van der Waals surface area contributed by atoms with E-state index < -0.39 is 0 Å². The molecule has 1 saturated heterocycles. The number of nitrogens with two attached hydrogens (primary N) is 1. The Morgan fingerprint density at radius 1 is 1.35 bits per heavy atom. The summed E-state index contributed by atoms with van der Waals surface area (Å²) < 4.78 is 7.77. The van der Waals surface area contributed by atoms with E-state index in [1.54, 1.807) is 6.20 Å². The highest BCUT2D eigenvalue weighted by Gasteiger charge is 2.20. The van der Waals surface area contributed by atoms with Gasteiger partial charge in [0.15, 0.2) is 11.9 Å². The lowest BCUT2D eigenvalue weighted by Crippen LogP contribution is -2.19. The first kappa shape index (κ1) is 16.4. The molecule has 0 aliphatic carbocycles. The molecule has 1 fully saturated rings. The van der Waals surface area contributed by atoms with Crippen molar-refractivity contribution in [3.05, 3.63) is 48.9 Å². The van der Waals surface area contributed by atoms with Crippen LogP contribution in [0.1, 0.15) is 37.0 Å². The minimum absolute atomic E-state index is 0.0406. The number of nitriles is 1. The van der Waals surface area contributed by atoms with Gasteiger partial charge in [0, 0.05) is 36.5 Å². The van der Waals surface area contributed by atoms with Gasteiger partial charge in [-0.15, -0.1) is 0 Å². The first-order chi connectivity index (χ1) is 12.7. The molecule has 2 aromatic heterocycles. The zero-order valence-corrected chi connectivity index (χ0v) is 14.3. The summed E-state index contributed by atoms with van der Waals surface area (Å²) in [7, 11) is 0. The van der Waals surface area contributed by atoms with Crippen molar-refractivity contribution >= 4 is 5.69 Å². The molecule has 1 unspecified atom stereocenters. The molecule has 1 atom stereocenters. The number of H-pyrrole nitrogens is 1. The van der Waals surface area contributed by atoms with Gasteiger partial charge in [-0.05, 0) is 31.4 Å². The molecule has 3 aromatic rings. The van der Waals surface area contributed by atoms with Crippen molar-refractivity contribution in [2.24, 2.45) is 0 Å². The van der Waals surface area contributed by atoms with Crippen molar-refractivity contribution in [2.75, 3.05) is 12.3 Å². The van der Waals surface area contributed by atoms with Crippen LogP contribution in [-0.4, -0.2) is 26.4 Å². The molecule has 1 aliphatic heterocycles. The molecule has 7 heteroatoms. The van der Waals surface area contributed by atoms with Crippen LogP contribution in [0.3, 0.4) is 0 Å². The quantitative estimate of drug-likeness (QED) is 0.707. The van der Waals surface area contributed by atoms with Crippen LogP contribution in [0.2, 0.25) is 0 Å². The maximum atomic E-state index is 9.24. The van der Waals surface area contributed by atoms with Crippen molar-refractivity contribution in [3.8, 4) is 28.6 Å². The number of nitrogens with one attached hydrogen (secondary N) is 1. The van der Waals surface area contributed by atoms with Crippen molar-refractivity contribution in [1.82, 2.24) is 19.7 Å². The van der Waals surface area contributed by atoms with Gasteiger partial charge in [0.05, 0.1) is 11.4 Å². The second kappa shape index (κ2) is 6.65. The van der Waals surface area contributed by atoms with E-state index >= 15 is 0 Å². The monoisotopic (exact) mass is 347 g/mol. The third kappa shape index (κ3) is 2.85. The van der Waals surface area contributed by atoms with Gasteiger partial charge in [-0.1, -0.05) is 12.1 Å². The number of nitrogen functional groups attached to an aromatic ring is 1. The number of anilines is 1. The van der Waals surface area contributed by atoms with Crippen LogP contribution in [-0.2, 0) is 4.74 Å². The van der Waals surface area contributed by atoms with Gasteiger partial charge in [0.25, 0.3) is 0 Å². The molecule has 1 radical (unpaired) electrons. The summed E-state index contributed by atoms with van der Waals surface area (Å²) in [6.07, 6.45) is 4.91. The van der Waals surface area contributed by atoms with E-state index in [2.05, 4.69) is 28.1 Å². The summed E-state index contributed by atoms with van der Waals surface area (Å²) in [6.45, 7) is 4.50. The van der Waals surface area contributed by atoms with Crippen molar-refractivity contribution < 1.29 is 4.74 Å². The summed E-state index contributed by atoms with van der Waals surface area (Å²) in [5, 5.41) is 13.7. The van der Waals surface area contributed by atoms with E-state index in [9.17, 15) is 5.26 Å². The second-order valence-electron chi connectivity index (χ2n) is 6.30. The molecule has 0 bridgehead atoms. The smallest absolute Gasteiger partial charge is 0.166 e. The Bertz CT molecular complexity index is 974. The SMILES string of the molecule is [CH2]c1nc(C#N)c(-c2ccc(-c3ccnn3C3CCCCO3)cc2N)[nH]1. The Hall–Kier alpha value is -3.11. The van der Waals surface area contributed by atoms with Gasteiger partial charge in [0.1, 0.15) is 11.9 Å². The van der Waals surface area contributed by atoms with Gasteiger partial charge < -0.3 is 15.5 Å². The summed E-state index contributed by atoms with van der Waals surface area (Å²) in [6, 6.07) is 9.76. The Morgan fingerprint density at radius 3 is 2.96 bits per heavy atom. The molecule has 4 rings (SSSR count). The number of nitrogens with zero attached hydrogens (tertiary/aromatic N) is 4. The van der Waals surface area contributed by atoms with E-state index in [1.165, 1.54) is 0 Å². The molecule has 131 valence electrons. The van der Waals surface area contributed by atoms with Crippen LogP contribution in [0.15, 0.2) is 30.5 Å². The minimum atomic E-state index is -0.0406. The predicted molar refractivity (Wildman–Crippen MR) is 97.7 cm³/mol. The number of hydrogen-bond donors (Lipinski definition) is 2. The Morgan fingerprint density at radius 2 is 2.23 bits per heavy atom. The molecule has 0 amide bonds. The summed E-state index contributed by atoms with van der Waals surface area (Å²) >= 11 is 0. The molecular formula is C19H19N6O. The third-order valence-corrected chi connectivity index (χ3v) is 4.57. The fourth-order valence-electron chi connectivity index (χ4n) is 3.34. The number of aromatic nitrogens is 4. The zero-order valence-electron chi connectivity index (χ0n) is 14.3. The zero-order chi connectivity index (χ0) is 18.1. The average molecular weight is 347 g/mol. The molecule has 26 heavy (non-hydrogen) atoms. The van der Waals surface area contributed by atoms with Crippen molar-refractivity contribution in [1.29, 1.82) is 5.26 Å². The lowest BCUT2D eigenvalue weighted by molar-refractivity contribution is -0.0383. The average Bonchev–Trinajstić information content (AvgIpc) is 3.29. The van der Waals surface area contributed by atoms with Gasteiger partial charge >= 0.3 is 0 Å². The van der Waals surface area contributed by atoms with E-state index in [-0.39, 0.29) is 11.9 Å². The topological polar surface area (TPSA) is 106 Å². The normalized spacial score (nSPS) is 17.2. The van der Waals surface area contributed by atoms with Crippen molar-refractivity contribution in [2.45, 2.75) is 25.5 Å². The number of hydrogen-bond acceptors (Lipinski definition) is 5. The molecule has 0 spiro atoms. The van der Waals surface area contributed by atoms with Gasteiger partial charge in [-0.2, -0.15) is 10.4 Å². The molecule has 7 nitrogen and oxygen atoms in total. The first-order valence-corrected chi connectivity index (χ1v) is 8.55. The molecule has 0 saturated carbocycles. The highest BCUT2D eigenvalue weighted by Crippen LogP contribution is 2.33. The van der Waals surface area contributed by atoms with Crippen LogP contribution in [0.5, 0.6) is 0 Å². The minimum Gasteiger partial charge on any atom is -0.398 e. The summed E-state index contributed by atoms with van der Waals surface area (Å²) in [4.78, 5) is 7.09. The van der Waals surface area contributed by atoms with Crippen LogP contribution in [0.4, 0.5) is 5.69 Å². The standard InChI is InChI=1S/C19H19N6O/c1-12-23-16(11-20)19(24-12)14-6-5-13(10-15(14)21)17-7-8-22-25(17)18-4-2-3-9-26-18/h5-8,10,18H,1-4,9,21H2,(H,23,24). The second-order valence-corrected chi connectivity index (χ2v) is 6.30. The van der Waals surface area contributed by atoms with Gasteiger partial charge in [-0.3, -0.25) is 0 Å². The molecule has 1 aromatic carbocycles. The Labute approximate surface area is 151 Å². The van der Waals surface area contributed by atoms with E-state index in [1.807, 2.05) is 28.9 Å². The Kier molecular flexibility index (Phi) is 4.19. The van der Waals surface area contributed by atoms with E-state index in [4.69, 9.17) is 10.5 Å². The number of ether oxygens (including phenoxy) is 1. The molecular weight excluding hydrogens is 328 g/mol. The highest BCUT2D eigenvalue weighted by atomic mass is 16.5. The lowest BCUT2D eigenvalue weighted by Gasteiger charge is -2.24. The van der Waals surface area contributed by atoms with Crippen LogP contribution in [0.25, 0.3) is 22.5 Å². The lowest BCUT2D eigenvalue weighted by atomic mass is 10.0. The number of aromatic amines is 1. The van der Waals surface area contributed by atoms with Gasteiger partial charge in [0.2, 0.25) is 0 Å². The molecule has 1 aliphatic rings.